The van der Waals surface area contributed by atoms with Gasteiger partial charge in [0.15, 0.2) is 0 Å². The maximum absolute atomic E-state index is 5.58. The highest BCUT2D eigenvalue weighted by Crippen LogP contribution is 2.28. The summed E-state index contributed by atoms with van der Waals surface area (Å²) in [5.41, 5.74) is 1.07. The molecule has 0 amide bonds. The maximum Gasteiger partial charge on any atom is 0.315 e. The van der Waals surface area contributed by atoms with E-state index < -0.39 is 0 Å². The molecule has 2 aromatic rings. The number of thiazole rings is 1. The lowest BCUT2D eigenvalue weighted by molar-refractivity contribution is 0.0897. The number of nitrogens with one attached hydrogen (secondary N) is 1. The molecule has 21 heavy (non-hydrogen) atoms. The van der Waals surface area contributed by atoms with Crippen LogP contribution in [0.2, 0.25) is 0 Å². The molecule has 3 heterocycles. The molecule has 0 spiro atoms. The van der Waals surface area contributed by atoms with Crippen molar-refractivity contribution < 1.29 is 9.15 Å². The Morgan fingerprint density at radius 3 is 2.90 bits per heavy atom. The standard InChI is InChI=1S/C14H20N4O2S/c1-14(2,3)12-16-9(8-21-12)7-15-13-18-17-11(20-13)10-5-4-6-19-10/h8,10H,4-7H2,1-3H3,(H,15,18)/t10-/m1/s1. The van der Waals surface area contributed by atoms with Crippen LogP contribution in [-0.4, -0.2) is 21.8 Å². The zero-order chi connectivity index (χ0) is 14.9. The van der Waals surface area contributed by atoms with Gasteiger partial charge in [0.05, 0.1) is 17.2 Å². The topological polar surface area (TPSA) is 73.1 Å². The minimum absolute atomic E-state index is 0.0418. The van der Waals surface area contributed by atoms with Gasteiger partial charge in [-0.2, -0.15) is 0 Å². The first-order valence-corrected chi connectivity index (χ1v) is 8.04. The normalized spacial score (nSPS) is 19.1. The Labute approximate surface area is 127 Å². The number of anilines is 1. The predicted molar refractivity (Wildman–Crippen MR) is 80.4 cm³/mol. The summed E-state index contributed by atoms with van der Waals surface area (Å²) in [6.07, 6.45) is 1.95. The van der Waals surface area contributed by atoms with Crippen LogP contribution in [0.3, 0.4) is 0 Å². The Hall–Kier alpha value is -1.47. The number of hydrogen-bond acceptors (Lipinski definition) is 7. The van der Waals surface area contributed by atoms with Crippen LogP contribution in [-0.2, 0) is 16.7 Å². The molecule has 3 rings (SSSR count). The smallest absolute Gasteiger partial charge is 0.315 e. The first kappa shape index (κ1) is 14.5. The summed E-state index contributed by atoms with van der Waals surface area (Å²) in [7, 11) is 0. The van der Waals surface area contributed by atoms with Gasteiger partial charge in [0.25, 0.3) is 0 Å². The number of rotatable bonds is 4. The fourth-order valence-electron chi connectivity index (χ4n) is 2.11. The molecule has 0 aromatic carbocycles. The van der Waals surface area contributed by atoms with Gasteiger partial charge < -0.3 is 14.5 Å². The van der Waals surface area contributed by atoms with Crippen molar-refractivity contribution in [2.24, 2.45) is 0 Å². The molecule has 114 valence electrons. The first-order valence-electron chi connectivity index (χ1n) is 7.16. The zero-order valence-corrected chi connectivity index (χ0v) is 13.4. The summed E-state index contributed by atoms with van der Waals surface area (Å²) in [6, 6.07) is 0.422. The third-order valence-electron chi connectivity index (χ3n) is 3.26. The summed E-state index contributed by atoms with van der Waals surface area (Å²) >= 11 is 1.68. The van der Waals surface area contributed by atoms with Gasteiger partial charge in [0.1, 0.15) is 6.10 Å². The van der Waals surface area contributed by atoms with E-state index in [0.717, 1.165) is 30.2 Å². The molecule has 0 aliphatic carbocycles. The molecule has 1 aliphatic rings. The van der Waals surface area contributed by atoms with Crippen molar-refractivity contribution >= 4 is 17.4 Å². The van der Waals surface area contributed by atoms with Gasteiger partial charge in [-0.3, -0.25) is 0 Å². The minimum atomic E-state index is -0.0418. The van der Waals surface area contributed by atoms with Gasteiger partial charge >= 0.3 is 6.01 Å². The van der Waals surface area contributed by atoms with Crippen LogP contribution in [0.25, 0.3) is 0 Å². The Kier molecular flexibility index (Phi) is 3.95. The lowest BCUT2D eigenvalue weighted by Gasteiger charge is -2.13. The fourth-order valence-corrected chi connectivity index (χ4v) is 3.01. The van der Waals surface area contributed by atoms with Crippen LogP contribution >= 0.6 is 11.3 Å². The van der Waals surface area contributed by atoms with E-state index in [-0.39, 0.29) is 11.5 Å². The van der Waals surface area contributed by atoms with Crippen molar-refractivity contribution in [2.45, 2.75) is 51.7 Å². The van der Waals surface area contributed by atoms with E-state index in [4.69, 9.17) is 9.15 Å². The first-order chi connectivity index (χ1) is 10.0. The Bertz CT molecular complexity index is 596. The fraction of sp³-hybridized carbons (Fsp3) is 0.643. The highest BCUT2D eigenvalue weighted by atomic mass is 32.1. The molecule has 1 aliphatic heterocycles. The number of nitrogens with zero attached hydrogens (tertiary/aromatic N) is 3. The van der Waals surface area contributed by atoms with Crippen LogP contribution in [0.15, 0.2) is 9.80 Å². The number of hydrogen-bond donors (Lipinski definition) is 1. The molecular weight excluding hydrogens is 288 g/mol. The summed E-state index contributed by atoms with van der Waals surface area (Å²) in [4.78, 5) is 4.62. The van der Waals surface area contributed by atoms with Crippen LogP contribution in [0, 0.1) is 0 Å². The number of aromatic nitrogens is 3. The summed E-state index contributed by atoms with van der Waals surface area (Å²) in [5.74, 6) is 0.559. The van der Waals surface area contributed by atoms with Gasteiger partial charge in [0, 0.05) is 17.4 Å². The van der Waals surface area contributed by atoms with E-state index in [9.17, 15) is 0 Å². The van der Waals surface area contributed by atoms with E-state index >= 15 is 0 Å². The number of ether oxygens (including phenoxy) is 1. The average molecular weight is 308 g/mol. The summed E-state index contributed by atoms with van der Waals surface area (Å²) in [6.45, 7) is 7.84. The van der Waals surface area contributed by atoms with Crippen LogP contribution in [0.5, 0.6) is 0 Å². The van der Waals surface area contributed by atoms with Crippen molar-refractivity contribution in [1.29, 1.82) is 0 Å². The van der Waals surface area contributed by atoms with Crippen LogP contribution in [0.4, 0.5) is 6.01 Å². The molecule has 1 fully saturated rings. The lowest BCUT2D eigenvalue weighted by Crippen LogP contribution is -2.11. The second kappa shape index (κ2) is 5.73. The third-order valence-corrected chi connectivity index (χ3v) is 4.58. The van der Waals surface area contributed by atoms with Crippen LogP contribution < -0.4 is 5.32 Å². The van der Waals surface area contributed by atoms with Gasteiger partial charge in [-0.15, -0.1) is 16.4 Å². The van der Waals surface area contributed by atoms with Gasteiger partial charge in [-0.1, -0.05) is 25.9 Å². The van der Waals surface area contributed by atoms with Crippen LogP contribution in [0.1, 0.15) is 56.3 Å². The summed E-state index contributed by atoms with van der Waals surface area (Å²) in [5, 5.41) is 14.3. The van der Waals surface area contributed by atoms with Crippen molar-refractivity contribution in [1.82, 2.24) is 15.2 Å². The molecule has 0 saturated carbocycles. The van der Waals surface area contributed by atoms with Crippen molar-refractivity contribution in [3.63, 3.8) is 0 Å². The van der Waals surface area contributed by atoms with Gasteiger partial charge in [-0.05, 0) is 12.8 Å². The highest BCUT2D eigenvalue weighted by molar-refractivity contribution is 7.09. The minimum Gasteiger partial charge on any atom is -0.405 e. The van der Waals surface area contributed by atoms with E-state index in [1.54, 1.807) is 11.3 Å². The summed E-state index contributed by atoms with van der Waals surface area (Å²) < 4.78 is 11.1. The molecule has 1 atom stereocenters. The van der Waals surface area contributed by atoms with Crippen molar-refractivity contribution in [2.75, 3.05) is 11.9 Å². The van der Waals surface area contributed by atoms with Crippen molar-refractivity contribution in [3.8, 4) is 0 Å². The monoisotopic (exact) mass is 308 g/mol. The van der Waals surface area contributed by atoms with E-state index in [2.05, 4.69) is 46.6 Å². The van der Waals surface area contributed by atoms with E-state index in [1.807, 2.05) is 0 Å². The molecule has 0 unspecified atom stereocenters. The SMILES string of the molecule is CC(C)(C)c1nc(CNc2nnc([C@H]3CCCO3)o2)cs1. The van der Waals surface area contributed by atoms with Gasteiger partial charge in [-0.25, -0.2) is 4.98 Å². The largest absolute Gasteiger partial charge is 0.405 e. The Morgan fingerprint density at radius 1 is 1.38 bits per heavy atom. The van der Waals surface area contributed by atoms with Gasteiger partial charge in [0.2, 0.25) is 5.89 Å². The molecule has 1 N–H and O–H groups in total. The van der Waals surface area contributed by atoms with E-state index in [0.29, 0.717) is 18.5 Å². The average Bonchev–Trinajstić information content (AvgIpc) is 3.16. The molecule has 2 aromatic heterocycles. The third kappa shape index (κ3) is 3.41. The van der Waals surface area contributed by atoms with Crippen molar-refractivity contribution in [3.05, 3.63) is 22.0 Å². The maximum atomic E-state index is 5.58. The molecule has 6 nitrogen and oxygen atoms in total. The second-order valence-corrected chi connectivity index (χ2v) is 7.05. The van der Waals surface area contributed by atoms with E-state index in [1.165, 1.54) is 0 Å². The zero-order valence-electron chi connectivity index (χ0n) is 12.5. The Balaban J connectivity index is 1.59. The molecule has 1 saturated heterocycles. The predicted octanol–water partition coefficient (Wildman–Crippen LogP) is 3.29. The Morgan fingerprint density at radius 2 is 2.24 bits per heavy atom. The highest BCUT2D eigenvalue weighted by Gasteiger charge is 2.23. The lowest BCUT2D eigenvalue weighted by atomic mass is 9.98. The molecular formula is C14H20N4O2S. The second-order valence-electron chi connectivity index (χ2n) is 6.19. The molecule has 0 bridgehead atoms. The molecule has 7 heteroatoms. The molecule has 0 radical (unpaired) electrons. The quantitative estimate of drug-likeness (QED) is 0.934.